The van der Waals surface area contributed by atoms with Gasteiger partial charge >= 0.3 is 0 Å². The summed E-state index contributed by atoms with van der Waals surface area (Å²) in [6, 6.07) is 7.95. The Morgan fingerprint density at radius 1 is 1.37 bits per heavy atom. The van der Waals surface area contributed by atoms with E-state index in [0.717, 1.165) is 22.8 Å². The van der Waals surface area contributed by atoms with Crippen LogP contribution in [0, 0.1) is 0 Å². The van der Waals surface area contributed by atoms with Gasteiger partial charge < -0.3 is 4.90 Å². The SMILES string of the molecule is CSSCC(C)N(C)C(=O)CCc1ccc(Cl)cc1. The maximum absolute atomic E-state index is 12.1. The highest BCUT2D eigenvalue weighted by molar-refractivity contribution is 8.76. The van der Waals surface area contributed by atoms with Crippen LogP contribution in [0.2, 0.25) is 5.02 Å². The first-order chi connectivity index (χ1) is 9.04. The van der Waals surface area contributed by atoms with Crippen molar-refractivity contribution in [2.24, 2.45) is 0 Å². The summed E-state index contributed by atoms with van der Waals surface area (Å²) in [5.41, 5.74) is 1.15. The fourth-order valence-corrected chi connectivity index (χ4v) is 3.28. The molecular formula is C14H20ClNOS2. The molecule has 0 saturated heterocycles. The predicted octanol–water partition coefficient (Wildman–Crippen LogP) is 4.13. The number of hydrogen-bond donors (Lipinski definition) is 0. The lowest BCUT2D eigenvalue weighted by Gasteiger charge is -2.24. The van der Waals surface area contributed by atoms with Crippen LogP contribution in [0.1, 0.15) is 18.9 Å². The highest BCUT2D eigenvalue weighted by Crippen LogP contribution is 2.19. The Bertz CT molecular complexity index is 397. The molecule has 106 valence electrons. The molecule has 0 aliphatic heterocycles. The molecule has 0 spiro atoms. The van der Waals surface area contributed by atoms with Gasteiger partial charge in [-0.05, 0) is 37.3 Å². The van der Waals surface area contributed by atoms with Crippen LogP contribution in [0.3, 0.4) is 0 Å². The van der Waals surface area contributed by atoms with Crippen LogP contribution in [-0.4, -0.2) is 35.9 Å². The lowest BCUT2D eigenvalue weighted by molar-refractivity contribution is -0.131. The summed E-state index contributed by atoms with van der Waals surface area (Å²) in [5.74, 6) is 1.16. The number of benzene rings is 1. The second-order valence-corrected chi connectivity index (χ2v) is 7.48. The summed E-state index contributed by atoms with van der Waals surface area (Å²) >= 11 is 5.84. The lowest BCUT2D eigenvalue weighted by atomic mass is 10.1. The van der Waals surface area contributed by atoms with Crippen molar-refractivity contribution in [3.05, 3.63) is 34.9 Å². The summed E-state index contributed by atoms with van der Waals surface area (Å²) in [6.45, 7) is 2.09. The highest BCUT2D eigenvalue weighted by Gasteiger charge is 2.15. The molecule has 0 aromatic heterocycles. The van der Waals surface area contributed by atoms with Crippen LogP contribution in [0.5, 0.6) is 0 Å². The van der Waals surface area contributed by atoms with Crippen molar-refractivity contribution in [3.63, 3.8) is 0 Å². The van der Waals surface area contributed by atoms with Crippen LogP contribution in [0.15, 0.2) is 24.3 Å². The number of nitrogens with zero attached hydrogens (tertiary/aromatic N) is 1. The average Bonchev–Trinajstić information content (AvgIpc) is 2.42. The van der Waals surface area contributed by atoms with E-state index in [9.17, 15) is 4.79 Å². The van der Waals surface area contributed by atoms with Crippen molar-refractivity contribution in [1.29, 1.82) is 0 Å². The van der Waals surface area contributed by atoms with Crippen LogP contribution in [-0.2, 0) is 11.2 Å². The third-order valence-electron chi connectivity index (χ3n) is 3.02. The standard InChI is InChI=1S/C14H20ClNOS2/c1-11(10-19-18-3)16(2)14(17)9-6-12-4-7-13(15)8-5-12/h4-5,7-8,11H,6,9-10H2,1-3H3. The van der Waals surface area contributed by atoms with Gasteiger partial charge in [-0.25, -0.2) is 0 Å². The molecule has 0 bridgehead atoms. The Hall–Kier alpha value is -0.320. The first-order valence-corrected chi connectivity index (χ1v) is 9.30. The largest absolute Gasteiger partial charge is 0.342 e. The molecule has 19 heavy (non-hydrogen) atoms. The van der Waals surface area contributed by atoms with E-state index < -0.39 is 0 Å². The van der Waals surface area contributed by atoms with E-state index in [2.05, 4.69) is 13.2 Å². The Kier molecular flexibility index (Phi) is 7.73. The normalized spacial score (nSPS) is 12.2. The van der Waals surface area contributed by atoms with E-state index in [1.807, 2.05) is 36.2 Å². The van der Waals surface area contributed by atoms with Gasteiger partial charge in [0, 0.05) is 30.3 Å². The van der Waals surface area contributed by atoms with Crippen molar-refractivity contribution >= 4 is 39.1 Å². The third kappa shape index (κ3) is 6.11. The molecule has 0 radical (unpaired) electrons. The Morgan fingerprint density at radius 3 is 2.58 bits per heavy atom. The quantitative estimate of drug-likeness (QED) is 0.705. The molecule has 5 heteroatoms. The van der Waals surface area contributed by atoms with Crippen molar-refractivity contribution in [2.75, 3.05) is 19.1 Å². The molecule has 1 rings (SSSR count). The van der Waals surface area contributed by atoms with Crippen LogP contribution in [0.4, 0.5) is 0 Å². The summed E-state index contributed by atoms with van der Waals surface area (Å²) < 4.78 is 0. The Labute approximate surface area is 128 Å². The minimum Gasteiger partial charge on any atom is -0.342 e. The molecule has 1 amide bonds. The van der Waals surface area contributed by atoms with Crippen molar-refractivity contribution in [1.82, 2.24) is 4.90 Å². The van der Waals surface area contributed by atoms with E-state index in [-0.39, 0.29) is 11.9 Å². The third-order valence-corrected chi connectivity index (χ3v) is 5.24. The molecular weight excluding hydrogens is 298 g/mol. The number of halogens is 1. The fraction of sp³-hybridized carbons (Fsp3) is 0.500. The maximum Gasteiger partial charge on any atom is 0.222 e. The van der Waals surface area contributed by atoms with Crippen LogP contribution >= 0.6 is 33.2 Å². The molecule has 0 N–H and O–H groups in total. The van der Waals surface area contributed by atoms with Gasteiger partial charge in [0.1, 0.15) is 0 Å². The first-order valence-electron chi connectivity index (χ1n) is 6.20. The van der Waals surface area contributed by atoms with Gasteiger partial charge in [0.05, 0.1) is 0 Å². The van der Waals surface area contributed by atoms with Gasteiger partial charge in [-0.3, -0.25) is 4.79 Å². The smallest absolute Gasteiger partial charge is 0.222 e. The predicted molar refractivity (Wildman–Crippen MR) is 88.0 cm³/mol. The Morgan fingerprint density at radius 2 is 2.00 bits per heavy atom. The molecule has 1 unspecified atom stereocenters. The molecule has 0 aliphatic rings. The van der Waals surface area contributed by atoms with E-state index in [1.54, 1.807) is 21.6 Å². The molecule has 1 aromatic rings. The molecule has 1 atom stereocenters. The number of aryl methyl sites for hydroxylation is 1. The molecule has 0 heterocycles. The first kappa shape index (κ1) is 16.7. The minimum absolute atomic E-state index is 0.198. The number of rotatable bonds is 7. The van der Waals surface area contributed by atoms with Gasteiger partial charge in [-0.15, -0.1) is 0 Å². The summed E-state index contributed by atoms with van der Waals surface area (Å²) in [4.78, 5) is 13.9. The van der Waals surface area contributed by atoms with E-state index >= 15 is 0 Å². The van der Waals surface area contributed by atoms with Crippen molar-refractivity contribution in [3.8, 4) is 0 Å². The van der Waals surface area contributed by atoms with E-state index in [4.69, 9.17) is 11.6 Å². The zero-order valence-electron chi connectivity index (χ0n) is 11.6. The Balaban J connectivity index is 2.39. The van der Waals surface area contributed by atoms with Gasteiger partial charge in [0.25, 0.3) is 0 Å². The number of carbonyl (C=O) groups is 1. The van der Waals surface area contributed by atoms with E-state index in [1.165, 1.54) is 0 Å². The highest BCUT2D eigenvalue weighted by atomic mass is 35.5. The minimum atomic E-state index is 0.198. The summed E-state index contributed by atoms with van der Waals surface area (Å²) in [7, 11) is 5.41. The topological polar surface area (TPSA) is 20.3 Å². The van der Waals surface area contributed by atoms with Gasteiger partial charge in [-0.2, -0.15) is 0 Å². The number of carbonyl (C=O) groups excluding carboxylic acids is 1. The van der Waals surface area contributed by atoms with Gasteiger partial charge in [-0.1, -0.05) is 45.3 Å². The fourth-order valence-electron chi connectivity index (χ4n) is 1.60. The van der Waals surface area contributed by atoms with Gasteiger partial charge in [0.2, 0.25) is 5.91 Å². The maximum atomic E-state index is 12.1. The zero-order valence-corrected chi connectivity index (χ0v) is 13.9. The average molecular weight is 318 g/mol. The van der Waals surface area contributed by atoms with E-state index in [0.29, 0.717) is 6.42 Å². The lowest BCUT2D eigenvalue weighted by Crippen LogP contribution is -2.36. The summed E-state index contributed by atoms with van der Waals surface area (Å²) in [6.07, 6.45) is 3.37. The molecule has 1 aromatic carbocycles. The van der Waals surface area contributed by atoms with Crippen LogP contribution < -0.4 is 0 Å². The molecule has 0 aliphatic carbocycles. The van der Waals surface area contributed by atoms with Crippen molar-refractivity contribution in [2.45, 2.75) is 25.8 Å². The van der Waals surface area contributed by atoms with Crippen molar-refractivity contribution < 1.29 is 4.79 Å². The number of hydrogen-bond acceptors (Lipinski definition) is 3. The molecule has 0 saturated carbocycles. The number of amides is 1. The monoisotopic (exact) mass is 317 g/mol. The summed E-state index contributed by atoms with van der Waals surface area (Å²) in [5, 5.41) is 0.731. The second kappa shape index (κ2) is 8.77. The van der Waals surface area contributed by atoms with Gasteiger partial charge in [0.15, 0.2) is 0 Å². The second-order valence-electron chi connectivity index (χ2n) is 4.43. The van der Waals surface area contributed by atoms with Crippen LogP contribution in [0.25, 0.3) is 0 Å². The molecule has 0 fully saturated rings. The zero-order chi connectivity index (χ0) is 14.3. The molecule has 2 nitrogen and oxygen atoms in total.